The predicted octanol–water partition coefficient (Wildman–Crippen LogP) is 2.62. The summed E-state index contributed by atoms with van der Waals surface area (Å²) in [4.78, 5) is 3.39. The Morgan fingerprint density at radius 1 is 1.24 bits per heavy atom. The monoisotopic (exact) mass is 316 g/mol. The molecule has 0 aliphatic carbocycles. The highest BCUT2D eigenvalue weighted by molar-refractivity contribution is 7.90. The lowest BCUT2D eigenvalue weighted by Crippen LogP contribution is -2.12. The molecule has 0 aliphatic rings. The van der Waals surface area contributed by atoms with Gasteiger partial charge in [-0.15, -0.1) is 0 Å². The van der Waals surface area contributed by atoms with Crippen LogP contribution >= 0.6 is 0 Å². The quantitative estimate of drug-likeness (QED) is 0.814. The summed E-state index contributed by atoms with van der Waals surface area (Å²) < 4.78 is 55.6. The van der Waals surface area contributed by atoms with Crippen LogP contribution in [0.15, 0.2) is 27.6 Å². The summed E-state index contributed by atoms with van der Waals surface area (Å²) in [6.07, 6.45) is 0. The van der Waals surface area contributed by atoms with Crippen molar-refractivity contribution in [2.45, 2.75) is 36.8 Å². The second kappa shape index (κ2) is 5.18. The average Bonchev–Trinajstić information content (AvgIpc) is 2.75. The lowest BCUT2D eigenvalue weighted by atomic mass is 9.97. The van der Waals surface area contributed by atoms with Crippen LogP contribution in [0.2, 0.25) is 0 Å². The Labute approximate surface area is 120 Å². The van der Waals surface area contributed by atoms with Gasteiger partial charge in [-0.25, -0.2) is 17.2 Å². The second-order valence-corrected chi connectivity index (χ2v) is 7.56. The number of nitrogens with zero attached hydrogens (tertiary/aromatic N) is 2. The smallest absolute Gasteiger partial charge is 0.232 e. The van der Waals surface area contributed by atoms with Crippen molar-refractivity contribution in [2.75, 3.05) is 0 Å². The molecule has 0 unspecified atom stereocenters. The SMILES string of the molecule is CC(C)(C)c1nc(CS(=O)(=O)c2ccc(F)cc2F)no1. The largest absolute Gasteiger partial charge is 0.339 e. The molecule has 0 saturated carbocycles. The van der Waals surface area contributed by atoms with Crippen LogP contribution < -0.4 is 0 Å². The fourth-order valence-electron chi connectivity index (χ4n) is 1.59. The molecule has 0 N–H and O–H groups in total. The molecule has 8 heteroatoms. The molecule has 2 rings (SSSR count). The van der Waals surface area contributed by atoms with E-state index in [-0.39, 0.29) is 11.7 Å². The maximum absolute atomic E-state index is 13.6. The number of sulfone groups is 1. The molecule has 1 aromatic carbocycles. The minimum absolute atomic E-state index is 0.0661. The first kappa shape index (κ1) is 15.6. The number of benzene rings is 1. The zero-order chi connectivity index (χ0) is 15.8. The fourth-order valence-corrected chi connectivity index (χ4v) is 2.84. The molecule has 1 heterocycles. The maximum atomic E-state index is 13.6. The first-order valence-electron chi connectivity index (χ1n) is 6.10. The highest BCUT2D eigenvalue weighted by Crippen LogP contribution is 2.23. The second-order valence-electron chi connectivity index (χ2n) is 5.60. The van der Waals surface area contributed by atoms with Crippen molar-refractivity contribution in [1.29, 1.82) is 0 Å². The van der Waals surface area contributed by atoms with Crippen molar-refractivity contribution in [3.63, 3.8) is 0 Å². The van der Waals surface area contributed by atoms with Crippen molar-refractivity contribution < 1.29 is 21.7 Å². The van der Waals surface area contributed by atoms with Gasteiger partial charge in [0, 0.05) is 11.5 Å². The third-order valence-electron chi connectivity index (χ3n) is 2.66. The summed E-state index contributed by atoms with van der Waals surface area (Å²) in [6, 6.07) is 2.28. The van der Waals surface area contributed by atoms with E-state index >= 15 is 0 Å². The van der Waals surface area contributed by atoms with Gasteiger partial charge < -0.3 is 4.52 Å². The standard InChI is InChI=1S/C13H14F2N2O3S/c1-13(2,3)12-16-11(17-20-12)7-21(18,19)10-5-4-8(14)6-9(10)15/h4-6H,7H2,1-3H3. The molecule has 0 fully saturated rings. The van der Waals surface area contributed by atoms with Gasteiger partial charge in [0.1, 0.15) is 22.3 Å². The van der Waals surface area contributed by atoms with Gasteiger partial charge in [0.15, 0.2) is 15.7 Å². The molecule has 0 spiro atoms. The number of halogens is 2. The molecule has 21 heavy (non-hydrogen) atoms. The Morgan fingerprint density at radius 3 is 2.43 bits per heavy atom. The third-order valence-corrected chi connectivity index (χ3v) is 4.30. The molecule has 1 aromatic heterocycles. The Hall–Kier alpha value is -1.83. The molecular weight excluding hydrogens is 302 g/mol. The van der Waals surface area contributed by atoms with E-state index in [9.17, 15) is 17.2 Å². The molecule has 0 atom stereocenters. The van der Waals surface area contributed by atoms with Gasteiger partial charge in [0.2, 0.25) is 5.89 Å². The number of aromatic nitrogens is 2. The summed E-state index contributed by atoms with van der Waals surface area (Å²) >= 11 is 0. The molecule has 2 aromatic rings. The minimum Gasteiger partial charge on any atom is -0.339 e. The van der Waals surface area contributed by atoms with E-state index in [0.29, 0.717) is 6.07 Å². The normalized spacial score (nSPS) is 12.6. The number of hydrogen-bond donors (Lipinski definition) is 0. The van der Waals surface area contributed by atoms with E-state index in [1.165, 1.54) is 0 Å². The molecular formula is C13H14F2N2O3S. The number of rotatable bonds is 3. The highest BCUT2D eigenvalue weighted by atomic mass is 32.2. The average molecular weight is 316 g/mol. The molecule has 5 nitrogen and oxygen atoms in total. The van der Waals surface area contributed by atoms with Crippen LogP contribution in [0.1, 0.15) is 32.5 Å². The minimum atomic E-state index is -4.02. The maximum Gasteiger partial charge on any atom is 0.232 e. The lowest BCUT2D eigenvalue weighted by molar-refractivity contribution is 0.319. The first-order chi connectivity index (χ1) is 9.59. The van der Waals surface area contributed by atoms with Crippen molar-refractivity contribution in [1.82, 2.24) is 10.1 Å². The van der Waals surface area contributed by atoms with E-state index in [4.69, 9.17) is 4.52 Å². The molecule has 0 saturated heterocycles. The van der Waals surface area contributed by atoms with Gasteiger partial charge in [-0.1, -0.05) is 25.9 Å². The highest BCUT2D eigenvalue weighted by Gasteiger charge is 2.26. The van der Waals surface area contributed by atoms with Gasteiger partial charge >= 0.3 is 0 Å². The summed E-state index contributed by atoms with van der Waals surface area (Å²) in [7, 11) is -4.02. The van der Waals surface area contributed by atoms with Crippen LogP contribution in [0.5, 0.6) is 0 Å². The van der Waals surface area contributed by atoms with Crippen molar-refractivity contribution >= 4 is 9.84 Å². The Kier molecular flexibility index (Phi) is 3.83. The van der Waals surface area contributed by atoms with Crippen LogP contribution in [0.3, 0.4) is 0 Å². The summed E-state index contributed by atoms with van der Waals surface area (Å²) in [5.41, 5.74) is -0.420. The zero-order valence-corrected chi connectivity index (χ0v) is 12.5. The summed E-state index contributed by atoms with van der Waals surface area (Å²) in [5.74, 6) is -2.39. The molecule has 0 amide bonds. The van der Waals surface area contributed by atoms with E-state index in [0.717, 1.165) is 12.1 Å². The van der Waals surface area contributed by atoms with Gasteiger partial charge in [0.25, 0.3) is 0 Å². The van der Waals surface area contributed by atoms with Crippen molar-refractivity contribution in [2.24, 2.45) is 0 Å². The van der Waals surface area contributed by atoms with Crippen LogP contribution in [0.25, 0.3) is 0 Å². The number of hydrogen-bond acceptors (Lipinski definition) is 5. The molecule has 0 aliphatic heterocycles. The van der Waals surface area contributed by atoms with Crippen LogP contribution in [-0.4, -0.2) is 18.6 Å². The van der Waals surface area contributed by atoms with Gasteiger partial charge in [-0.2, -0.15) is 4.98 Å². The topological polar surface area (TPSA) is 73.1 Å². The zero-order valence-electron chi connectivity index (χ0n) is 11.7. The Bertz CT molecular complexity index is 764. The van der Waals surface area contributed by atoms with Crippen LogP contribution in [0.4, 0.5) is 8.78 Å². The fraction of sp³-hybridized carbons (Fsp3) is 0.385. The van der Waals surface area contributed by atoms with Gasteiger partial charge in [0.05, 0.1) is 0 Å². The Morgan fingerprint density at radius 2 is 1.90 bits per heavy atom. The first-order valence-corrected chi connectivity index (χ1v) is 7.76. The van der Waals surface area contributed by atoms with E-state index in [2.05, 4.69) is 10.1 Å². The van der Waals surface area contributed by atoms with E-state index in [1.807, 2.05) is 20.8 Å². The third kappa shape index (κ3) is 3.44. The summed E-state index contributed by atoms with van der Waals surface area (Å²) in [5, 5.41) is 3.58. The summed E-state index contributed by atoms with van der Waals surface area (Å²) in [6.45, 7) is 5.50. The van der Waals surface area contributed by atoms with Gasteiger partial charge in [-0.05, 0) is 12.1 Å². The molecule has 0 radical (unpaired) electrons. The van der Waals surface area contributed by atoms with Crippen LogP contribution in [-0.2, 0) is 21.0 Å². The van der Waals surface area contributed by atoms with Crippen molar-refractivity contribution in [3.05, 3.63) is 41.5 Å². The van der Waals surface area contributed by atoms with Gasteiger partial charge in [-0.3, -0.25) is 0 Å². The molecule has 0 bridgehead atoms. The van der Waals surface area contributed by atoms with Crippen molar-refractivity contribution in [3.8, 4) is 0 Å². The predicted molar refractivity (Wildman–Crippen MR) is 70.2 cm³/mol. The Balaban J connectivity index is 2.31. The van der Waals surface area contributed by atoms with E-state index in [1.54, 1.807) is 0 Å². The molecule has 114 valence electrons. The van der Waals surface area contributed by atoms with Crippen LogP contribution in [0, 0.1) is 11.6 Å². The van der Waals surface area contributed by atoms with E-state index < -0.39 is 37.5 Å². The lowest BCUT2D eigenvalue weighted by Gasteiger charge is -2.10.